The molecule has 104 valence electrons. The zero-order valence-electron chi connectivity index (χ0n) is 11.6. The lowest BCUT2D eigenvalue weighted by molar-refractivity contribution is -0.132. The molecule has 1 aromatic carbocycles. The van der Waals surface area contributed by atoms with Crippen LogP contribution < -0.4 is 5.32 Å². The first-order valence-electron chi connectivity index (χ1n) is 6.89. The van der Waals surface area contributed by atoms with E-state index in [4.69, 9.17) is 0 Å². The summed E-state index contributed by atoms with van der Waals surface area (Å²) >= 11 is 3.48. The Balaban J connectivity index is 1.97. The van der Waals surface area contributed by atoms with Crippen LogP contribution in [0, 0.1) is 6.92 Å². The van der Waals surface area contributed by atoms with Gasteiger partial charge < -0.3 is 10.2 Å². The molecule has 0 spiro atoms. The van der Waals surface area contributed by atoms with Crippen molar-refractivity contribution in [2.45, 2.75) is 39.2 Å². The Morgan fingerprint density at radius 2 is 2.00 bits per heavy atom. The number of anilines is 1. The molecule has 1 heterocycles. The van der Waals surface area contributed by atoms with Crippen molar-refractivity contribution >= 4 is 27.5 Å². The number of hydrogen-bond donors (Lipinski definition) is 1. The van der Waals surface area contributed by atoms with Gasteiger partial charge in [-0.25, -0.2) is 0 Å². The highest BCUT2D eigenvalue weighted by Gasteiger charge is 2.21. The van der Waals surface area contributed by atoms with E-state index in [0.29, 0.717) is 0 Å². The Morgan fingerprint density at radius 1 is 1.32 bits per heavy atom. The van der Waals surface area contributed by atoms with E-state index in [9.17, 15) is 4.79 Å². The number of amides is 1. The summed E-state index contributed by atoms with van der Waals surface area (Å²) in [6.45, 7) is 5.80. The number of rotatable bonds is 3. The largest absolute Gasteiger partial charge is 0.374 e. The smallest absolute Gasteiger partial charge is 0.244 e. The number of benzene rings is 1. The Kier molecular flexibility index (Phi) is 4.86. The third-order valence-electron chi connectivity index (χ3n) is 3.58. The SMILES string of the molecule is Cc1cc(NC(C)C(=O)N2CCCCC2)ccc1Br. The van der Waals surface area contributed by atoms with Crippen molar-refractivity contribution in [1.82, 2.24) is 4.90 Å². The lowest BCUT2D eigenvalue weighted by Gasteiger charge is -2.29. The molecule has 0 saturated carbocycles. The molecule has 2 rings (SSSR count). The van der Waals surface area contributed by atoms with E-state index in [1.165, 1.54) is 12.0 Å². The van der Waals surface area contributed by atoms with E-state index in [-0.39, 0.29) is 11.9 Å². The summed E-state index contributed by atoms with van der Waals surface area (Å²) in [7, 11) is 0. The summed E-state index contributed by atoms with van der Waals surface area (Å²) < 4.78 is 1.09. The summed E-state index contributed by atoms with van der Waals surface area (Å²) in [4.78, 5) is 14.3. The average molecular weight is 325 g/mol. The molecule has 1 aromatic rings. The van der Waals surface area contributed by atoms with Gasteiger partial charge in [0.05, 0.1) is 0 Å². The molecule has 1 atom stereocenters. The Labute approximate surface area is 123 Å². The number of aryl methyl sites for hydroxylation is 1. The van der Waals surface area contributed by atoms with Gasteiger partial charge in [-0.15, -0.1) is 0 Å². The van der Waals surface area contributed by atoms with E-state index < -0.39 is 0 Å². The van der Waals surface area contributed by atoms with Crippen molar-refractivity contribution in [3.8, 4) is 0 Å². The van der Waals surface area contributed by atoms with Gasteiger partial charge in [-0.2, -0.15) is 0 Å². The molecule has 0 radical (unpaired) electrons. The number of carbonyl (C=O) groups is 1. The fourth-order valence-electron chi connectivity index (χ4n) is 2.43. The van der Waals surface area contributed by atoms with Crippen LogP contribution in [0.15, 0.2) is 22.7 Å². The predicted molar refractivity (Wildman–Crippen MR) is 82.4 cm³/mol. The number of carbonyl (C=O) groups excluding carboxylic acids is 1. The van der Waals surface area contributed by atoms with Crippen molar-refractivity contribution in [3.05, 3.63) is 28.2 Å². The van der Waals surface area contributed by atoms with Gasteiger partial charge in [0.1, 0.15) is 6.04 Å². The van der Waals surface area contributed by atoms with Gasteiger partial charge in [-0.1, -0.05) is 15.9 Å². The molecule has 19 heavy (non-hydrogen) atoms. The van der Waals surface area contributed by atoms with Gasteiger partial charge >= 0.3 is 0 Å². The van der Waals surface area contributed by atoms with Crippen LogP contribution in [-0.2, 0) is 4.79 Å². The Hall–Kier alpha value is -1.03. The van der Waals surface area contributed by atoms with Gasteiger partial charge in [0, 0.05) is 23.2 Å². The topological polar surface area (TPSA) is 32.3 Å². The summed E-state index contributed by atoms with van der Waals surface area (Å²) in [5.74, 6) is 0.209. The van der Waals surface area contributed by atoms with Crippen LogP contribution in [0.4, 0.5) is 5.69 Å². The number of nitrogens with one attached hydrogen (secondary N) is 1. The van der Waals surface area contributed by atoms with Crippen LogP contribution in [0.2, 0.25) is 0 Å². The second kappa shape index (κ2) is 6.42. The third-order valence-corrected chi connectivity index (χ3v) is 4.47. The van der Waals surface area contributed by atoms with Crippen LogP contribution in [0.1, 0.15) is 31.7 Å². The number of halogens is 1. The van der Waals surface area contributed by atoms with Crippen molar-refractivity contribution in [2.24, 2.45) is 0 Å². The van der Waals surface area contributed by atoms with Crippen molar-refractivity contribution in [2.75, 3.05) is 18.4 Å². The molecule has 1 N–H and O–H groups in total. The van der Waals surface area contributed by atoms with Crippen molar-refractivity contribution < 1.29 is 4.79 Å². The average Bonchev–Trinajstić information content (AvgIpc) is 2.43. The number of hydrogen-bond acceptors (Lipinski definition) is 2. The maximum atomic E-state index is 12.3. The fraction of sp³-hybridized carbons (Fsp3) is 0.533. The number of piperidine rings is 1. The second-order valence-electron chi connectivity index (χ2n) is 5.22. The van der Waals surface area contributed by atoms with Gasteiger partial charge in [0.2, 0.25) is 5.91 Å². The molecule has 0 bridgehead atoms. The third kappa shape index (κ3) is 3.72. The molecule has 3 nitrogen and oxygen atoms in total. The van der Waals surface area contributed by atoms with E-state index in [2.05, 4.69) is 27.3 Å². The molecule has 4 heteroatoms. The highest BCUT2D eigenvalue weighted by Crippen LogP contribution is 2.21. The molecular formula is C15H21BrN2O. The number of likely N-dealkylation sites (tertiary alicyclic amines) is 1. The monoisotopic (exact) mass is 324 g/mol. The molecule has 0 aromatic heterocycles. The molecule has 1 fully saturated rings. The maximum absolute atomic E-state index is 12.3. The van der Waals surface area contributed by atoms with Crippen LogP contribution in [0.25, 0.3) is 0 Å². The summed E-state index contributed by atoms with van der Waals surface area (Å²) in [5, 5.41) is 3.29. The Bertz CT molecular complexity index is 455. The highest BCUT2D eigenvalue weighted by molar-refractivity contribution is 9.10. The molecule has 1 aliphatic rings. The van der Waals surface area contributed by atoms with Gasteiger partial charge in [-0.3, -0.25) is 4.79 Å². The zero-order chi connectivity index (χ0) is 13.8. The summed E-state index contributed by atoms with van der Waals surface area (Å²) in [6, 6.07) is 5.90. The molecule has 0 aliphatic carbocycles. The molecule has 1 unspecified atom stereocenters. The van der Waals surface area contributed by atoms with Crippen LogP contribution >= 0.6 is 15.9 Å². The van der Waals surface area contributed by atoms with Crippen molar-refractivity contribution in [1.29, 1.82) is 0 Å². The van der Waals surface area contributed by atoms with E-state index in [1.807, 2.05) is 30.9 Å². The van der Waals surface area contributed by atoms with Gasteiger partial charge in [0.15, 0.2) is 0 Å². The van der Waals surface area contributed by atoms with E-state index in [1.54, 1.807) is 0 Å². The predicted octanol–water partition coefficient (Wildman–Crippen LogP) is 3.57. The number of nitrogens with zero attached hydrogens (tertiary/aromatic N) is 1. The Morgan fingerprint density at radius 3 is 2.63 bits per heavy atom. The van der Waals surface area contributed by atoms with Gasteiger partial charge in [0.25, 0.3) is 0 Å². The summed E-state index contributed by atoms with van der Waals surface area (Å²) in [5.41, 5.74) is 2.17. The fourth-order valence-corrected chi connectivity index (χ4v) is 2.68. The molecule has 1 aliphatic heterocycles. The maximum Gasteiger partial charge on any atom is 0.244 e. The van der Waals surface area contributed by atoms with Crippen LogP contribution in [-0.4, -0.2) is 29.9 Å². The molecule has 1 saturated heterocycles. The van der Waals surface area contributed by atoms with Crippen LogP contribution in [0.3, 0.4) is 0 Å². The normalized spacial score (nSPS) is 17.1. The second-order valence-corrected chi connectivity index (χ2v) is 6.07. The quantitative estimate of drug-likeness (QED) is 0.921. The molecular weight excluding hydrogens is 304 g/mol. The summed E-state index contributed by atoms with van der Waals surface area (Å²) in [6.07, 6.45) is 3.52. The lowest BCUT2D eigenvalue weighted by Crippen LogP contribution is -2.43. The van der Waals surface area contributed by atoms with E-state index >= 15 is 0 Å². The van der Waals surface area contributed by atoms with Crippen molar-refractivity contribution in [3.63, 3.8) is 0 Å². The highest BCUT2D eigenvalue weighted by atomic mass is 79.9. The minimum atomic E-state index is -0.168. The standard InChI is InChI=1S/C15H21BrN2O/c1-11-10-13(6-7-14(11)16)17-12(2)15(19)18-8-4-3-5-9-18/h6-7,10,12,17H,3-5,8-9H2,1-2H3. The minimum absolute atomic E-state index is 0.168. The lowest BCUT2D eigenvalue weighted by atomic mass is 10.1. The van der Waals surface area contributed by atoms with Crippen LogP contribution in [0.5, 0.6) is 0 Å². The minimum Gasteiger partial charge on any atom is -0.374 e. The first kappa shape index (κ1) is 14.4. The zero-order valence-corrected chi connectivity index (χ0v) is 13.2. The molecule has 1 amide bonds. The van der Waals surface area contributed by atoms with Gasteiger partial charge in [-0.05, 0) is 56.9 Å². The van der Waals surface area contributed by atoms with E-state index in [0.717, 1.165) is 36.1 Å². The first-order valence-corrected chi connectivity index (χ1v) is 7.68. The first-order chi connectivity index (χ1) is 9.08.